The molecule has 0 saturated carbocycles. The number of hydrogen-bond donors (Lipinski definition) is 4. The Labute approximate surface area is 166 Å². The fraction of sp³-hybridized carbons (Fsp3) is 0.588. The number of nitrogens with two attached hydrogens (primary N) is 1. The number of aromatic nitrogens is 2. The molecule has 0 spiro atoms. The number of amides is 4. The number of nitrogens with one attached hydrogen (secondary N) is 3. The summed E-state index contributed by atoms with van der Waals surface area (Å²) in [6, 6.07) is -2.27. The molecule has 0 unspecified atom stereocenters. The van der Waals surface area contributed by atoms with Crippen LogP contribution < -0.4 is 16.4 Å². The number of rotatable bonds is 6. The van der Waals surface area contributed by atoms with E-state index in [-0.39, 0.29) is 23.5 Å². The Balaban J connectivity index is 1.73. The third kappa shape index (κ3) is 4.46. The number of H-pyrrole nitrogens is 1. The van der Waals surface area contributed by atoms with Gasteiger partial charge in [-0.05, 0) is 19.8 Å². The van der Waals surface area contributed by atoms with Gasteiger partial charge in [0.15, 0.2) is 0 Å². The standard InChI is InChI=1S/C17H24N6O4S/c1-9-15(25)22-12(7-28-9)16(26)21-11(5-10-6-19-8-20-10)17(27)23-4-2-3-13(23)14(18)24/h6,8-9,11-13H,2-5,7H2,1H3,(H2,18,24)(H,19,20)(H,21,26)(H,22,25)/t9-,11+,12+,13-/m0/s1. The van der Waals surface area contributed by atoms with Crippen molar-refractivity contribution < 1.29 is 19.2 Å². The number of imidazole rings is 1. The fourth-order valence-corrected chi connectivity index (χ4v) is 4.34. The van der Waals surface area contributed by atoms with E-state index in [4.69, 9.17) is 5.73 Å². The molecule has 1 aromatic rings. The number of thioether (sulfide) groups is 1. The van der Waals surface area contributed by atoms with Crippen molar-refractivity contribution in [2.45, 2.75) is 49.6 Å². The van der Waals surface area contributed by atoms with Crippen LogP contribution in [0.1, 0.15) is 25.5 Å². The number of primary amides is 1. The maximum absolute atomic E-state index is 13.1. The summed E-state index contributed by atoms with van der Waals surface area (Å²) >= 11 is 1.39. The lowest BCUT2D eigenvalue weighted by Gasteiger charge is -2.30. The third-order valence-corrected chi connectivity index (χ3v) is 6.21. The molecule has 4 amide bonds. The average Bonchev–Trinajstić information content (AvgIpc) is 3.34. The Kier molecular flexibility index (Phi) is 6.22. The van der Waals surface area contributed by atoms with Gasteiger partial charge in [-0.15, -0.1) is 11.8 Å². The van der Waals surface area contributed by atoms with Crippen molar-refractivity contribution in [2.75, 3.05) is 12.3 Å². The summed E-state index contributed by atoms with van der Waals surface area (Å²) in [6.45, 7) is 2.19. The predicted molar refractivity (Wildman–Crippen MR) is 102 cm³/mol. The first kappa shape index (κ1) is 20.2. The van der Waals surface area contributed by atoms with Gasteiger partial charge in [-0.1, -0.05) is 0 Å². The zero-order chi connectivity index (χ0) is 20.3. The van der Waals surface area contributed by atoms with E-state index in [1.165, 1.54) is 23.0 Å². The molecule has 2 aliphatic heterocycles. The smallest absolute Gasteiger partial charge is 0.246 e. The van der Waals surface area contributed by atoms with Crippen molar-refractivity contribution in [3.8, 4) is 0 Å². The van der Waals surface area contributed by atoms with Crippen LogP contribution in [0.25, 0.3) is 0 Å². The largest absolute Gasteiger partial charge is 0.368 e. The Morgan fingerprint density at radius 2 is 2.25 bits per heavy atom. The zero-order valence-corrected chi connectivity index (χ0v) is 16.3. The molecule has 0 radical (unpaired) electrons. The molecule has 11 heteroatoms. The molecule has 10 nitrogen and oxygen atoms in total. The summed E-state index contributed by atoms with van der Waals surface area (Å²) in [7, 11) is 0. The van der Waals surface area contributed by atoms with Gasteiger partial charge < -0.3 is 26.3 Å². The highest BCUT2D eigenvalue weighted by Crippen LogP contribution is 2.20. The van der Waals surface area contributed by atoms with Crippen LogP contribution in [0.3, 0.4) is 0 Å². The number of carbonyl (C=O) groups excluding carboxylic acids is 4. The first-order valence-corrected chi connectivity index (χ1v) is 10.2. The summed E-state index contributed by atoms with van der Waals surface area (Å²) in [5, 5.41) is 5.20. The SMILES string of the molecule is C[C@@H]1SC[C@H](C(=O)N[C@H](Cc2cnc[nH]2)C(=O)N2CCC[C@H]2C(N)=O)NC1=O. The van der Waals surface area contributed by atoms with E-state index >= 15 is 0 Å². The monoisotopic (exact) mass is 408 g/mol. The molecule has 2 aliphatic rings. The highest BCUT2D eigenvalue weighted by atomic mass is 32.2. The normalized spacial score (nSPS) is 25.8. The third-order valence-electron chi connectivity index (χ3n) is 4.97. The molecule has 2 saturated heterocycles. The Hall–Kier alpha value is -2.56. The summed E-state index contributed by atoms with van der Waals surface area (Å²) in [4.78, 5) is 57.6. The molecule has 152 valence electrons. The van der Waals surface area contributed by atoms with Gasteiger partial charge in [0.1, 0.15) is 18.1 Å². The van der Waals surface area contributed by atoms with E-state index in [1.54, 1.807) is 13.1 Å². The summed E-state index contributed by atoms with van der Waals surface area (Å²) in [5.74, 6) is -1.13. The van der Waals surface area contributed by atoms with Crippen LogP contribution in [0.15, 0.2) is 12.5 Å². The van der Waals surface area contributed by atoms with Crippen molar-refractivity contribution in [3.05, 3.63) is 18.2 Å². The van der Waals surface area contributed by atoms with E-state index in [1.807, 2.05) is 0 Å². The van der Waals surface area contributed by atoms with Crippen LogP contribution in [-0.4, -0.2) is 74.2 Å². The average molecular weight is 408 g/mol. The zero-order valence-electron chi connectivity index (χ0n) is 15.5. The number of aromatic amines is 1. The van der Waals surface area contributed by atoms with E-state index in [0.29, 0.717) is 30.8 Å². The van der Waals surface area contributed by atoms with Gasteiger partial charge in [-0.25, -0.2) is 4.98 Å². The van der Waals surface area contributed by atoms with Crippen molar-refractivity contribution in [3.63, 3.8) is 0 Å². The first-order valence-electron chi connectivity index (χ1n) is 9.16. The van der Waals surface area contributed by atoms with Gasteiger partial charge in [0.25, 0.3) is 0 Å². The molecular weight excluding hydrogens is 384 g/mol. The van der Waals surface area contributed by atoms with Gasteiger partial charge in [-0.2, -0.15) is 0 Å². The van der Waals surface area contributed by atoms with Gasteiger partial charge in [0.05, 0.1) is 11.6 Å². The second-order valence-corrected chi connectivity index (χ2v) is 8.34. The minimum atomic E-state index is -0.894. The molecule has 0 bridgehead atoms. The molecular formula is C17H24N6O4S. The second-order valence-electron chi connectivity index (χ2n) is 6.97. The Morgan fingerprint density at radius 3 is 2.89 bits per heavy atom. The highest BCUT2D eigenvalue weighted by molar-refractivity contribution is 8.00. The summed E-state index contributed by atoms with van der Waals surface area (Å²) in [5.41, 5.74) is 6.09. The van der Waals surface area contributed by atoms with Crippen molar-refractivity contribution >= 4 is 35.4 Å². The molecule has 4 atom stereocenters. The minimum Gasteiger partial charge on any atom is -0.368 e. The fourth-order valence-electron chi connectivity index (χ4n) is 3.40. The lowest BCUT2D eigenvalue weighted by atomic mass is 10.1. The lowest BCUT2D eigenvalue weighted by molar-refractivity contribution is -0.141. The number of likely N-dealkylation sites (tertiary alicyclic amines) is 1. The van der Waals surface area contributed by atoms with E-state index < -0.39 is 29.9 Å². The van der Waals surface area contributed by atoms with Crippen LogP contribution in [-0.2, 0) is 25.6 Å². The second kappa shape index (κ2) is 8.63. The molecule has 3 rings (SSSR count). The van der Waals surface area contributed by atoms with Crippen LogP contribution in [0.2, 0.25) is 0 Å². The molecule has 28 heavy (non-hydrogen) atoms. The number of nitrogens with zero attached hydrogens (tertiary/aromatic N) is 2. The van der Waals surface area contributed by atoms with Gasteiger partial charge in [0, 0.05) is 30.6 Å². The van der Waals surface area contributed by atoms with Gasteiger partial charge in [-0.3, -0.25) is 19.2 Å². The first-order chi connectivity index (χ1) is 13.4. The molecule has 5 N–H and O–H groups in total. The Bertz CT molecular complexity index is 755. The van der Waals surface area contributed by atoms with Crippen LogP contribution in [0.5, 0.6) is 0 Å². The number of hydrogen-bond acceptors (Lipinski definition) is 6. The van der Waals surface area contributed by atoms with Crippen molar-refractivity contribution in [1.82, 2.24) is 25.5 Å². The maximum Gasteiger partial charge on any atom is 0.246 e. The molecule has 3 heterocycles. The topological polar surface area (TPSA) is 150 Å². The van der Waals surface area contributed by atoms with E-state index in [9.17, 15) is 19.2 Å². The Morgan fingerprint density at radius 1 is 1.46 bits per heavy atom. The van der Waals surface area contributed by atoms with Gasteiger partial charge in [0.2, 0.25) is 23.6 Å². The minimum absolute atomic E-state index is 0.191. The molecule has 0 aliphatic carbocycles. The van der Waals surface area contributed by atoms with Gasteiger partial charge >= 0.3 is 0 Å². The summed E-state index contributed by atoms with van der Waals surface area (Å²) in [6.07, 6.45) is 4.44. The lowest BCUT2D eigenvalue weighted by Crippen LogP contribution is -2.59. The van der Waals surface area contributed by atoms with Crippen LogP contribution in [0.4, 0.5) is 0 Å². The maximum atomic E-state index is 13.1. The van der Waals surface area contributed by atoms with Crippen LogP contribution >= 0.6 is 11.8 Å². The quantitative estimate of drug-likeness (QED) is 0.451. The van der Waals surface area contributed by atoms with Crippen molar-refractivity contribution in [2.24, 2.45) is 5.73 Å². The van der Waals surface area contributed by atoms with E-state index in [2.05, 4.69) is 20.6 Å². The van der Waals surface area contributed by atoms with Crippen LogP contribution in [0, 0.1) is 0 Å². The summed E-state index contributed by atoms with van der Waals surface area (Å²) < 4.78 is 0. The predicted octanol–water partition coefficient (Wildman–Crippen LogP) is -1.47. The molecule has 0 aromatic carbocycles. The van der Waals surface area contributed by atoms with Crippen molar-refractivity contribution in [1.29, 1.82) is 0 Å². The highest BCUT2D eigenvalue weighted by Gasteiger charge is 2.38. The molecule has 1 aromatic heterocycles. The number of carbonyl (C=O) groups is 4. The molecule has 2 fully saturated rings. The van der Waals surface area contributed by atoms with E-state index in [0.717, 1.165) is 0 Å².